The Balaban J connectivity index is 1.49. The van der Waals surface area contributed by atoms with Crippen LogP contribution in [0.15, 0.2) is 28.7 Å². The Kier molecular flexibility index (Phi) is 8.90. The van der Waals surface area contributed by atoms with E-state index in [-0.39, 0.29) is 30.2 Å². The number of hydrogen-bond acceptors (Lipinski definition) is 4. The van der Waals surface area contributed by atoms with Gasteiger partial charge in [0.1, 0.15) is 0 Å². The van der Waals surface area contributed by atoms with Gasteiger partial charge < -0.3 is 15.1 Å². The predicted octanol–water partition coefficient (Wildman–Crippen LogP) is 2.56. The topological polar surface area (TPSA) is 73.0 Å². The van der Waals surface area contributed by atoms with Gasteiger partial charge in [-0.15, -0.1) is 0 Å². The molecule has 3 amide bonds. The maximum atomic E-state index is 12.9. The van der Waals surface area contributed by atoms with Crippen LogP contribution < -0.4 is 5.32 Å². The van der Waals surface area contributed by atoms with Crippen molar-refractivity contribution in [2.24, 2.45) is 0 Å². The zero-order valence-electron chi connectivity index (χ0n) is 18.3. The lowest BCUT2D eigenvalue weighted by atomic mass is 10.0. The fourth-order valence-electron chi connectivity index (χ4n) is 4.26. The highest BCUT2D eigenvalue weighted by Crippen LogP contribution is 2.21. The van der Waals surface area contributed by atoms with Gasteiger partial charge in [-0.1, -0.05) is 40.9 Å². The second-order valence-corrected chi connectivity index (χ2v) is 9.38. The molecule has 0 radical (unpaired) electrons. The van der Waals surface area contributed by atoms with Crippen LogP contribution in [-0.2, 0) is 14.4 Å². The third-order valence-corrected chi connectivity index (χ3v) is 6.60. The molecular weight excluding hydrogens is 460 g/mol. The highest BCUT2D eigenvalue weighted by molar-refractivity contribution is 9.10. The Labute approximate surface area is 193 Å². The van der Waals surface area contributed by atoms with E-state index in [0.717, 1.165) is 36.0 Å². The largest absolute Gasteiger partial charge is 0.349 e. The summed E-state index contributed by atoms with van der Waals surface area (Å²) < 4.78 is 0.954. The van der Waals surface area contributed by atoms with Crippen LogP contribution in [-0.4, -0.2) is 78.2 Å². The van der Waals surface area contributed by atoms with Gasteiger partial charge in [-0.2, -0.15) is 0 Å². The SMILES string of the molecule is CC(=O)NC(CC(=O)N1CCN(CC(=O)N2CCCCCC2)CC1)c1ccc(Br)cc1. The van der Waals surface area contributed by atoms with E-state index in [9.17, 15) is 14.4 Å². The van der Waals surface area contributed by atoms with Gasteiger partial charge >= 0.3 is 0 Å². The zero-order chi connectivity index (χ0) is 22.2. The van der Waals surface area contributed by atoms with E-state index in [0.29, 0.717) is 32.7 Å². The Hall–Kier alpha value is -1.93. The number of nitrogens with one attached hydrogen (secondary N) is 1. The average molecular weight is 493 g/mol. The lowest BCUT2D eigenvalue weighted by Crippen LogP contribution is -2.52. The smallest absolute Gasteiger partial charge is 0.236 e. The molecule has 0 bridgehead atoms. The second kappa shape index (κ2) is 11.6. The van der Waals surface area contributed by atoms with Gasteiger partial charge in [-0.25, -0.2) is 0 Å². The first-order valence-electron chi connectivity index (χ1n) is 11.2. The quantitative estimate of drug-likeness (QED) is 0.662. The number of nitrogens with zero attached hydrogens (tertiary/aromatic N) is 3. The number of piperazine rings is 1. The zero-order valence-corrected chi connectivity index (χ0v) is 19.9. The number of rotatable bonds is 6. The number of carbonyl (C=O) groups excluding carboxylic acids is 3. The molecule has 7 nitrogen and oxygen atoms in total. The van der Waals surface area contributed by atoms with Crippen LogP contribution in [0.3, 0.4) is 0 Å². The molecule has 0 aromatic heterocycles. The highest BCUT2D eigenvalue weighted by atomic mass is 79.9. The van der Waals surface area contributed by atoms with Crippen LogP contribution in [0, 0.1) is 0 Å². The first-order valence-corrected chi connectivity index (χ1v) is 12.0. The molecule has 1 atom stereocenters. The van der Waals surface area contributed by atoms with Gasteiger partial charge in [0.15, 0.2) is 0 Å². The van der Waals surface area contributed by atoms with Crippen molar-refractivity contribution in [1.82, 2.24) is 20.0 Å². The molecular formula is C23H33BrN4O3. The fourth-order valence-corrected chi connectivity index (χ4v) is 4.53. The Morgan fingerprint density at radius 1 is 0.871 bits per heavy atom. The Morgan fingerprint density at radius 2 is 1.45 bits per heavy atom. The summed E-state index contributed by atoms with van der Waals surface area (Å²) in [7, 11) is 0. The van der Waals surface area contributed by atoms with Crippen molar-refractivity contribution in [3.8, 4) is 0 Å². The summed E-state index contributed by atoms with van der Waals surface area (Å²) in [5.41, 5.74) is 0.911. The minimum Gasteiger partial charge on any atom is -0.349 e. The van der Waals surface area contributed by atoms with E-state index >= 15 is 0 Å². The van der Waals surface area contributed by atoms with Gasteiger partial charge in [0.05, 0.1) is 19.0 Å². The molecule has 2 fully saturated rings. The van der Waals surface area contributed by atoms with Crippen LogP contribution >= 0.6 is 15.9 Å². The number of halogens is 1. The molecule has 170 valence electrons. The molecule has 1 aromatic rings. The molecule has 0 aliphatic carbocycles. The van der Waals surface area contributed by atoms with Gasteiger partial charge in [-0.05, 0) is 30.5 Å². The summed E-state index contributed by atoms with van der Waals surface area (Å²) in [6, 6.07) is 7.32. The van der Waals surface area contributed by atoms with E-state index in [4.69, 9.17) is 0 Å². The fraction of sp³-hybridized carbons (Fsp3) is 0.609. The van der Waals surface area contributed by atoms with E-state index in [2.05, 4.69) is 26.1 Å². The molecule has 2 aliphatic rings. The number of carbonyl (C=O) groups is 3. The molecule has 0 spiro atoms. The number of benzene rings is 1. The van der Waals surface area contributed by atoms with Gasteiger partial charge in [-0.3, -0.25) is 19.3 Å². The number of amides is 3. The first-order chi connectivity index (χ1) is 14.9. The molecule has 1 aromatic carbocycles. The van der Waals surface area contributed by atoms with Crippen molar-refractivity contribution in [3.63, 3.8) is 0 Å². The van der Waals surface area contributed by atoms with Crippen molar-refractivity contribution in [1.29, 1.82) is 0 Å². The van der Waals surface area contributed by atoms with Crippen LogP contribution in [0.4, 0.5) is 0 Å². The molecule has 1 N–H and O–H groups in total. The Bertz CT molecular complexity index is 755. The third kappa shape index (κ3) is 7.31. The lowest BCUT2D eigenvalue weighted by Gasteiger charge is -2.36. The summed E-state index contributed by atoms with van der Waals surface area (Å²) in [6.07, 6.45) is 4.85. The van der Waals surface area contributed by atoms with Crippen LogP contribution in [0.25, 0.3) is 0 Å². The molecule has 3 rings (SSSR count). The maximum absolute atomic E-state index is 12.9. The standard InChI is InChI=1S/C23H33BrN4O3/c1-18(29)25-21(19-6-8-20(24)9-7-19)16-22(30)28-14-12-26(13-15-28)17-23(31)27-10-4-2-3-5-11-27/h6-9,21H,2-5,10-17H2,1H3,(H,25,29). The molecule has 2 saturated heterocycles. The number of hydrogen-bond donors (Lipinski definition) is 1. The van der Waals surface area contributed by atoms with Crippen molar-refractivity contribution < 1.29 is 14.4 Å². The summed E-state index contributed by atoms with van der Waals surface area (Å²) in [6.45, 7) is 6.28. The minimum absolute atomic E-state index is 0.0279. The highest BCUT2D eigenvalue weighted by Gasteiger charge is 2.26. The molecule has 2 aliphatic heterocycles. The van der Waals surface area contributed by atoms with E-state index < -0.39 is 0 Å². The van der Waals surface area contributed by atoms with E-state index in [1.165, 1.54) is 19.8 Å². The van der Waals surface area contributed by atoms with Crippen molar-refractivity contribution in [3.05, 3.63) is 34.3 Å². The van der Waals surface area contributed by atoms with Crippen LogP contribution in [0.1, 0.15) is 50.6 Å². The van der Waals surface area contributed by atoms with E-state index in [1.54, 1.807) is 0 Å². The molecule has 31 heavy (non-hydrogen) atoms. The van der Waals surface area contributed by atoms with Crippen LogP contribution in [0.2, 0.25) is 0 Å². The van der Waals surface area contributed by atoms with E-state index in [1.807, 2.05) is 34.1 Å². The van der Waals surface area contributed by atoms with Gasteiger partial charge in [0.2, 0.25) is 17.7 Å². The molecule has 2 heterocycles. The average Bonchev–Trinajstić information content (AvgIpc) is 3.04. The van der Waals surface area contributed by atoms with Crippen molar-refractivity contribution in [2.75, 3.05) is 45.8 Å². The minimum atomic E-state index is -0.347. The molecule has 1 unspecified atom stereocenters. The van der Waals surface area contributed by atoms with Gasteiger partial charge in [0, 0.05) is 50.7 Å². The molecule has 0 saturated carbocycles. The van der Waals surface area contributed by atoms with Gasteiger partial charge in [0.25, 0.3) is 0 Å². The summed E-state index contributed by atoms with van der Waals surface area (Å²) in [5.74, 6) is 0.0837. The second-order valence-electron chi connectivity index (χ2n) is 8.46. The lowest BCUT2D eigenvalue weighted by molar-refractivity contribution is -0.135. The normalized spacial score (nSPS) is 18.9. The first kappa shape index (κ1) is 23.7. The summed E-state index contributed by atoms with van der Waals surface area (Å²) in [4.78, 5) is 43.2. The number of likely N-dealkylation sites (tertiary alicyclic amines) is 1. The maximum Gasteiger partial charge on any atom is 0.236 e. The van der Waals surface area contributed by atoms with Crippen molar-refractivity contribution in [2.45, 2.75) is 45.1 Å². The predicted molar refractivity (Wildman–Crippen MR) is 123 cm³/mol. The van der Waals surface area contributed by atoms with Crippen molar-refractivity contribution >= 4 is 33.7 Å². The monoisotopic (exact) mass is 492 g/mol. The summed E-state index contributed by atoms with van der Waals surface area (Å²) in [5, 5.41) is 2.90. The van der Waals surface area contributed by atoms with Crippen LogP contribution in [0.5, 0.6) is 0 Å². The molecule has 8 heteroatoms. The summed E-state index contributed by atoms with van der Waals surface area (Å²) >= 11 is 3.42. The third-order valence-electron chi connectivity index (χ3n) is 6.07. The Morgan fingerprint density at radius 3 is 2.03 bits per heavy atom.